The third-order valence-corrected chi connectivity index (χ3v) is 0. The monoisotopic (exact) mass is 325 g/mol. The van der Waals surface area contributed by atoms with Crippen LogP contribution < -0.4 is 0 Å². The molecule has 0 atom stereocenters. The molecule has 4 heteroatoms. The van der Waals surface area contributed by atoms with E-state index in [1.807, 2.05) is 0 Å². The zero-order chi connectivity index (χ0) is 0. The van der Waals surface area contributed by atoms with Gasteiger partial charge in [-0.3, -0.25) is 0 Å². The summed E-state index contributed by atoms with van der Waals surface area (Å²) < 4.78 is 0. The van der Waals surface area contributed by atoms with E-state index in [9.17, 15) is 0 Å². The fourth-order valence-electron chi connectivity index (χ4n) is 0. The maximum absolute atomic E-state index is 0. The summed E-state index contributed by atoms with van der Waals surface area (Å²) in [6, 6.07) is 0. The van der Waals surface area contributed by atoms with E-state index in [1.165, 1.54) is 0 Å². The Balaban J connectivity index is 0. The summed E-state index contributed by atoms with van der Waals surface area (Å²) in [5, 5.41) is 0. The molecule has 0 bridgehead atoms. The van der Waals surface area contributed by atoms with Crippen LogP contribution in [0, 0.1) is 0 Å². The molecule has 0 spiro atoms. The van der Waals surface area contributed by atoms with Crippen LogP contribution in [0.4, 0.5) is 0 Å². The second-order valence-electron chi connectivity index (χ2n) is 0. The molecule has 0 aromatic carbocycles. The summed E-state index contributed by atoms with van der Waals surface area (Å²) in [6.45, 7) is 0. The van der Waals surface area contributed by atoms with Crippen LogP contribution in [0.1, 0.15) is 0 Å². The molecular weight excluding hydrogens is 324 g/mol. The van der Waals surface area contributed by atoms with Crippen molar-refractivity contribution in [2.75, 3.05) is 0 Å². The van der Waals surface area contributed by atoms with Gasteiger partial charge in [0.1, 0.15) is 0 Å². The van der Waals surface area contributed by atoms with Crippen LogP contribution in [0.2, 0.25) is 0 Å². The first-order chi connectivity index (χ1) is 0. The maximum atomic E-state index is 0. The normalized spacial score (nSPS) is 0. The second kappa shape index (κ2) is 17.5. The number of hydrogen-bond donors (Lipinski definition) is 0. The van der Waals surface area contributed by atoms with Crippen LogP contribution in [0.3, 0.4) is 0 Å². The van der Waals surface area contributed by atoms with Crippen molar-refractivity contribution in [3.05, 3.63) is 0 Å². The maximum Gasteiger partial charge on any atom is 0 e. The van der Waals surface area contributed by atoms with Crippen LogP contribution >= 0.6 is 13.5 Å². The van der Waals surface area contributed by atoms with Crippen molar-refractivity contribution < 1.29 is 22.4 Å². The van der Waals surface area contributed by atoms with E-state index in [0.717, 1.165) is 0 Å². The summed E-state index contributed by atoms with van der Waals surface area (Å²) in [5.41, 5.74) is 0. The summed E-state index contributed by atoms with van der Waals surface area (Å²) in [5.74, 6) is 0. The molecule has 0 aliphatic carbocycles. The fraction of sp³-hybridized carbons (Fsp3) is 0. The van der Waals surface area contributed by atoms with Crippen molar-refractivity contribution in [1.29, 1.82) is 0 Å². The van der Waals surface area contributed by atoms with Gasteiger partial charge < -0.3 is 0 Å². The molecule has 0 saturated carbocycles. The molecule has 7 radical (unpaired) electrons. The van der Waals surface area contributed by atoms with Gasteiger partial charge in [-0.2, -0.15) is 13.5 Å². The number of rotatable bonds is 0. The van der Waals surface area contributed by atoms with Gasteiger partial charge in [0.05, 0.1) is 0 Å². The van der Waals surface area contributed by atoms with Crippen LogP contribution in [0.5, 0.6) is 0 Å². The molecule has 25 valence electrons. The first-order valence-corrected chi connectivity index (χ1v) is 0. The van der Waals surface area contributed by atoms with Crippen molar-refractivity contribution >= 4 is 59.1 Å². The van der Waals surface area contributed by atoms with Gasteiger partial charge in [-0.1, -0.05) is 0 Å². The van der Waals surface area contributed by atoms with Crippen LogP contribution in [0.25, 0.3) is 0 Å². The first-order valence-electron chi connectivity index (χ1n) is 0. The van der Waals surface area contributed by atoms with Gasteiger partial charge in [0.25, 0.3) is 0 Å². The molecule has 0 amide bonds. The Hall–Kier alpha value is 2.60. The van der Waals surface area contributed by atoms with E-state index >= 15 is 0 Å². The molecule has 0 saturated heterocycles. The molecule has 0 unspecified atom stereocenters. The van der Waals surface area contributed by atoms with Gasteiger partial charge >= 0.3 is 0 Å². The van der Waals surface area contributed by atoms with Gasteiger partial charge in [0.15, 0.2) is 0 Å². The molecule has 0 aromatic heterocycles. The summed E-state index contributed by atoms with van der Waals surface area (Å²) in [4.78, 5) is 0. The fourth-order valence-corrected chi connectivity index (χ4v) is 0. The zero-order valence-corrected chi connectivity index (χ0v) is 10.2. The third-order valence-electron chi connectivity index (χ3n) is 0. The van der Waals surface area contributed by atoms with E-state index in [2.05, 4.69) is 0 Å². The topological polar surface area (TPSA) is 0 Å². The quantitative estimate of drug-likeness (QED) is 0.519. The first kappa shape index (κ1) is 30.6. The molecular formula is H2AgGaInS. The minimum atomic E-state index is 0. The van der Waals surface area contributed by atoms with Gasteiger partial charge in [-0.05, 0) is 0 Å². The van der Waals surface area contributed by atoms with Crippen molar-refractivity contribution in [3.8, 4) is 0 Å². The third kappa shape index (κ3) is 8.82. The standard InChI is InChI=1S/Ag.Ga.In.H2S/h;;;1H2. The van der Waals surface area contributed by atoms with Gasteiger partial charge in [-0.15, -0.1) is 0 Å². The van der Waals surface area contributed by atoms with Crippen molar-refractivity contribution in [2.45, 2.75) is 0 Å². The minimum Gasteiger partial charge on any atom is -0.197 e. The SMILES string of the molecule is S.[Ag].[Ga].[In]. The summed E-state index contributed by atoms with van der Waals surface area (Å²) in [6.07, 6.45) is 0. The second-order valence-corrected chi connectivity index (χ2v) is 0. The summed E-state index contributed by atoms with van der Waals surface area (Å²) in [7, 11) is 0. The molecule has 0 nitrogen and oxygen atoms in total. The molecule has 4 heavy (non-hydrogen) atoms. The Labute approximate surface area is 80.3 Å². The molecule has 0 aromatic rings. The predicted molar refractivity (Wildman–Crippen MR) is 21.9 cm³/mol. The smallest absolute Gasteiger partial charge is 0 e. The predicted octanol–water partition coefficient (Wildman–Crippen LogP) is -0.651. The van der Waals surface area contributed by atoms with Crippen LogP contribution in [-0.2, 0) is 22.4 Å². The molecule has 0 N–H and O–H groups in total. The van der Waals surface area contributed by atoms with E-state index in [0.29, 0.717) is 0 Å². The Kier molecular flexibility index (Phi) is 134. The Bertz CT molecular complexity index is 8.00. The summed E-state index contributed by atoms with van der Waals surface area (Å²) >= 11 is 0. The molecule has 0 rings (SSSR count). The van der Waals surface area contributed by atoms with Crippen molar-refractivity contribution in [1.82, 2.24) is 0 Å². The Morgan fingerprint density at radius 3 is 1.00 bits per heavy atom. The van der Waals surface area contributed by atoms with E-state index in [1.54, 1.807) is 0 Å². The van der Waals surface area contributed by atoms with Crippen LogP contribution in [0.15, 0.2) is 0 Å². The van der Waals surface area contributed by atoms with Crippen molar-refractivity contribution in [3.63, 3.8) is 0 Å². The Morgan fingerprint density at radius 1 is 1.00 bits per heavy atom. The number of hydrogen-bond acceptors (Lipinski definition) is 0. The van der Waals surface area contributed by atoms with E-state index in [4.69, 9.17) is 0 Å². The molecule has 0 aliphatic heterocycles. The average Bonchev–Trinajstić information content (AvgIpc) is 0. The molecule has 0 heterocycles. The zero-order valence-electron chi connectivity index (χ0n) is 1.96. The van der Waals surface area contributed by atoms with Gasteiger partial charge in [0, 0.05) is 68.0 Å². The largest absolute Gasteiger partial charge is 0.197 e. The van der Waals surface area contributed by atoms with Crippen molar-refractivity contribution in [2.24, 2.45) is 0 Å². The van der Waals surface area contributed by atoms with E-state index in [-0.39, 0.29) is 81.5 Å². The molecule has 0 fully saturated rings. The Morgan fingerprint density at radius 2 is 1.00 bits per heavy atom. The minimum absolute atomic E-state index is 0. The molecule has 0 aliphatic rings. The van der Waals surface area contributed by atoms with E-state index < -0.39 is 0 Å². The van der Waals surface area contributed by atoms with Gasteiger partial charge in [0.2, 0.25) is 0 Å². The average molecular weight is 326 g/mol. The van der Waals surface area contributed by atoms with Crippen LogP contribution in [-0.4, -0.2) is 45.6 Å². The van der Waals surface area contributed by atoms with Gasteiger partial charge in [-0.25, -0.2) is 0 Å².